The van der Waals surface area contributed by atoms with Crippen molar-refractivity contribution in [3.63, 3.8) is 0 Å². The lowest BCUT2D eigenvalue weighted by Gasteiger charge is -2.24. The van der Waals surface area contributed by atoms with Gasteiger partial charge in [-0.25, -0.2) is 5.43 Å². The predicted molar refractivity (Wildman–Crippen MR) is 99.4 cm³/mol. The maximum atomic E-state index is 12.4. The fourth-order valence-electron chi connectivity index (χ4n) is 2.67. The molecule has 3 rings (SSSR count). The monoisotopic (exact) mass is 400 g/mol. The molecule has 0 unspecified atom stereocenters. The molecule has 0 radical (unpaired) electrons. The molecule has 0 fully saturated rings. The molecule has 0 saturated carbocycles. The van der Waals surface area contributed by atoms with Crippen molar-refractivity contribution < 1.29 is 19.7 Å². The standard InChI is InChI=1S/C16H12N6O7/c23-15(8-1-3-9(4-2-8)21(26)27)13(19-20-25)14-16(24)18-12-7-10(22(28)29)5-6-11(12)17-14/h1-7,15,17,23H,(H,18,24)(H,19,25)/t15-/m1/s1. The lowest BCUT2D eigenvalue weighted by atomic mass is 10.0. The molecule has 4 N–H and O–H groups in total. The SMILES string of the molecule is O=NNC(=C1Nc2ccc([N+](=O)[O-])cc2NC1=O)[C@H](O)c1ccc([N+](=O)[O-])cc1. The van der Waals surface area contributed by atoms with E-state index in [2.05, 4.69) is 15.9 Å². The summed E-state index contributed by atoms with van der Waals surface area (Å²) in [5.74, 6) is -0.787. The average Bonchev–Trinajstić information content (AvgIpc) is 2.70. The number of aliphatic hydroxyl groups excluding tert-OH is 1. The summed E-state index contributed by atoms with van der Waals surface area (Å²) in [6.07, 6.45) is -1.55. The van der Waals surface area contributed by atoms with Crippen molar-refractivity contribution in [2.75, 3.05) is 10.6 Å². The minimum absolute atomic E-state index is 0.135. The van der Waals surface area contributed by atoms with E-state index in [4.69, 9.17) is 0 Å². The van der Waals surface area contributed by atoms with Gasteiger partial charge in [0.2, 0.25) is 0 Å². The fourth-order valence-corrected chi connectivity index (χ4v) is 2.67. The molecule has 0 aliphatic carbocycles. The molecule has 0 spiro atoms. The molecule has 1 aliphatic rings. The van der Waals surface area contributed by atoms with E-state index in [1.807, 2.05) is 5.43 Å². The van der Waals surface area contributed by atoms with E-state index >= 15 is 0 Å². The zero-order valence-corrected chi connectivity index (χ0v) is 14.4. The van der Waals surface area contributed by atoms with E-state index in [1.54, 1.807) is 0 Å². The fraction of sp³-hybridized carbons (Fsp3) is 0.0625. The Labute approximate surface area is 161 Å². The van der Waals surface area contributed by atoms with Gasteiger partial charge >= 0.3 is 0 Å². The van der Waals surface area contributed by atoms with Gasteiger partial charge in [-0.2, -0.15) is 0 Å². The Kier molecular flexibility index (Phi) is 5.14. The van der Waals surface area contributed by atoms with Crippen molar-refractivity contribution >= 4 is 28.7 Å². The number of nitrogens with one attached hydrogen (secondary N) is 3. The number of fused-ring (bicyclic) bond motifs is 1. The number of aliphatic hydroxyl groups is 1. The summed E-state index contributed by atoms with van der Waals surface area (Å²) in [6, 6.07) is 8.52. The maximum Gasteiger partial charge on any atom is 0.274 e. The first-order valence-corrected chi connectivity index (χ1v) is 7.93. The highest BCUT2D eigenvalue weighted by Gasteiger charge is 2.29. The van der Waals surface area contributed by atoms with E-state index < -0.39 is 21.9 Å². The molecule has 1 amide bonds. The molecular weight excluding hydrogens is 388 g/mol. The van der Waals surface area contributed by atoms with Crippen LogP contribution in [0.2, 0.25) is 0 Å². The van der Waals surface area contributed by atoms with Gasteiger partial charge in [0.25, 0.3) is 17.3 Å². The first-order chi connectivity index (χ1) is 13.8. The molecule has 29 heavy (non-hydrogen) atoms. The van der Waals surface area contributed by atoms with Crippen LogP contribution in [-0.4, -0.2) is 20.9 Å². The van der Waals surface area contributed by atoms with E-state index in [9.17, 15) is 35.0 Å². The van der Waals surface area contributed by atoms with Gasteiger partial charge in [0.05, 0.1) is 32.2 Å². The van der Waals surface area contributed by atoms with E-state index in [0.717, 1.165) is 18.2 Å². The number of hydrogen-bond donors (Lipinski definition) is 4. The maximum absolute atomic E-state index is 12.4. The first kappa shape index (κ1) is 19.4. The summed E-state index contributed by atoms with van der Waals surface area (Å²) in [5.41, 5.74) is 1.57. The zero-order chi connectivity index (χ0) is 21.1. The van der Waals surface area contributed by atoms with Gasteiger partial charge in [-0.3, -0.25) is 25.0 Å². The Bertz CT molecular complexity index is 1050. The highest BCUT2D eigenvalue weighted by atomic mass is 16.6. The van der Waals surface area contributed by atoms with Crippen molar-refractivity contribution in [1.82, 2.24) is 5.43 Å². The van der Waals surface area contributed by atoms with Crippen LogP contribution < -0.4 is 16.1 Å². The molecule has 2 aromatic rings. The van der Waals surface area contributed by atoms with Gasteiger partial charge in [0, 0.05) is 24.3 Å². The summed E-state index contributed by atoms with van der Waals surface area (Å²) in [5, 5.41) is 39.8. The summed E-state index contributed by atoms with van der Waals surface area (Å²) < 4.78 is 0. The minimum atomic E-state index is -1.55. The molecule has 13 nitrogen and oxygen atoms in total. The predicted octanol–water partition coefficient (Wildman–Crippen LogP) is 2.08. The first-order valence-electron chi connectivity index (χ1n) is 7.93. The van der Waals surface area contributed by atoms with Crippen LogP contribution in [0, 0.1) is 25.1 Å². The van der Waals surface area contributed by atoms with Gasteiger partial charge in [0.15, 0.2) is 0 Å². The number of hydrogen-bond acceptors (Lipinski definition) is 9. The number of benzene rings is 2. The second-order valence-corrected chi connectivity index (χ2v) is 5.81. The Morgan fingerprint density at radius 1 is 1.00 bits per heavy atom. The number of anilines is 2. The quantitative estimate of drug-likeness (QED) is 0.243. The van der Waals surface area contributed by atoms with Crippen LogP contribution >= 0.6 is 0 Å². The Morgan fingerprint density at radius 2 is 1.62 bits per heavy atom. The van der Waals surface area contributed by atoms with Crippen molar-refractivity contribution in [3.8, 4) is 0 Å². The number of amides is 1. The number of non-ortho nitro benzene ring substituents is 2. The number of nitro groups is 2. The van der Waals surface area contributed by atoms with Crippen LogP contribution in [0.25, 0.3) is 0 Å². The summed E-state index contributed by atoms with van der Waals surface area (Å²) in [7, 11) is 0. The van der Waals surface area contributed by atoms with Gasteiger partial charge in [-0.05, 0) is 23.8 Å². The largest absolute Gasteiger partial charge is 0.382 e. The van der Waals surface area contributed by atoms with Crippen LogP contribution in [0.1, 0.15) is 11.7 Å². The summed E-state index contributed by atoms with van der Waals surface area (Å²) >= 11 is 0. The molecule has 148 valence electrons. The lowest BCUT2D eigenvalue weighted by molar-refractivity contribution is -0.385. The number of nitrogens with zero attached hydrogens (tertiary/aromatic N) is 3. The van der Waals surface area contributed by atoms with E-state index in [-0.39, 0.29) is 39.7 Å². The van der Waals surface area contributed by atoms with Crippen molar-refractivity contribution in [3.05, 3.63) is 84.6 Å². The Morgan fingerprint density at radius 3 is 2.21 bits per heavy atom. The molecule has 1 aliphatic heterocycles. The van der Waals surface area contributed by atoms with Gasteiger partial charge in [-0.15, -0.1) is 4.91 Å². The number of carbonyl (C=O) groups excluding carboxylic acids is 1. The Balaban J connectivity index is 2.00. The average molecular weight is 400 g/mol. The van der Waals surface area contributed by atoms with Crippen molar-refractivity contribution in [2.45, 2.75) is 6.10 Å². The zero-order valence-electron chi connectivity index (χ0n) is 14.4. The van der Waals surface area contributed by atoms with E-state index in [1.165, 1.54) is 24.3 Å². The summed E-state index contributed by atoms with van der Waals surface area (Å²) in [4.78, 5) is 43.6. The molecule has 1 heterocycles. The third-order valence-corrected chi connectivity index (χ3v) is 4.08. The van der Waals surface area contributed by atoms with Crippen molar-refractivity contribution in [1.29, 1.82) is 0 Å². The minimum Gasteiger partial charge on any atom is -0.382 e. The van der Waals surface area contributed by atoms with Crippen LogP contribution in [0.5, 0.6) is 0 Å². The lowest BCUT2D eigenvalue weighted by Crippen LogP contribution is -2.31. The third kappa shape index (κ3) is 3.84. The third-order valence-electron chi connectivity index (χ3n) is 4.08. The highest BCUT2D eigenvalue weighted by molar-refractivity contribution is 6.11. The molecular formula is C16H12N6O7. The molecule has 0 saturated heterocycles. The van der Waals surface area contributed by atoms with Crippen LogP contribution in [0.4, 0.5) is 22.7 Å². The van der Waals surface area contributed by atoms with Gasteiger partial charge in [0.1, 0.15) is 11.8 Å². The number of carbonyl (C=O) groups is 1. The normalized spacial score (nSPS) is 15.3. The molecule has 1 atom stereocenters. The molecule has 13 heteroatoms. The van der Waals surface area contributed by atoms with E-state index in [0.29, 0.717) is 0 Å². The topological polar surface area (TPSA) is 189 Å². The Hall–Kier alpha value is -4.39. The summed E-state index contributed by atoms with van der Waals surface area (Å²) in [6.45, 7) is 0. The second kappa shape index (κ2) is 7.69. The second-order valence-electron chi connectivity index (χ2n) is 5.81. The number of rotatable bonds is 6. The van der Waals surface area contributed by atoms with Gasteiger partial charge < -0.3 is 15.7 Å². The number of nitroso groups, excluding NO2 is 1. The number of nitro benzene ring substituents is 2. The van der Waals surface area contributed by atoms with Crippen LogP contribution in [0.15, 0.2) is 59.1 Å². The van der Waals surface area contributed by atoms with Gasteiger partial charge in [-0.1, -0.05) is 0 Å². The molecule has 0 aromatic heterocycles. The van der Waals surface area contributed by atoms with Crippen LogP contribution in [-0.2, 0) is 4.79 Å². The molecule has 0 bridgehead atoms. The van der Waals surface area contributed by atoms with Crippen LogP contribution in [0.3, 0.4) is 0 Å². The smallest absolute Gasteiger partial charge is 0.274 e. The molecule has 2 aromatic carbocycles. The van der Waals surface area contributed by atoms with Crippen molar-refractivity contribution in [2.24, 2.45) is 5.29 Å². The highest BCUT2D eigenvalue weighted by Crippen LogP contribution is 2.34.